The minimum absolute atomic E-state index is 0.461. The Morgan fingerprint density at radius 1 is 1.17 bits per heavy atom. The molecule has 0 saturated heterocycles. The fraction of sp³-hybridized carbons (Fsp3) is 0.625. The van der Waals surface area contributed by atoms with Crippen molar-refractivity contribution in [3.05, 3.63) is 33.4 Å². The molecule has 4 unspecified atom stereocenters. The number of halogens is 1. The van der Waals surface area contributed by atoms with E-state index >= 15 is 0 Å². The van der Waals surface area contributed by atoms with Crippen LogP contribution in [0.5, 0.6) is 0 Å². The summed E-state index contributed by atoms with van der Waals surface area (Å²) in [6.45, 7) is 7.07. The van der Waals surface area contributed by atoms with E-state index in [1.54, 1.807) is 0 Å². The first-order valence-corrected chi connectivity index (χ1v) is 8.15. The van der Waals surface area contributed by atoms with Crippen LogP contribution in [0.3, 0.4) is 0 Å². The molecule has 0 spiro atoms. The first-order valence-electron chi connectivity index (χ1n) is 7.07. The van der Waals surface area contributed by atoms with Gasteiger partial charge in [0.05, 0.1) is 0 Å². The highest BCUT2D eigenvalue weighted by atomic mass is 127. The zero-order chi connectivity index (χ0) is 13.1. The van der Waals surface area contributed by atoms with E-state index in [-0.39, 0.29) is 0 Å². The molecule has 0 aliphatic heterocycles. The van der Waals surface area contributed by atoms with Crippen LogP contribution in [-0.2, 0) is 0 Å². The van der Waals surface area contributed by atoms with Crippen molar-refractivity contribution >= 4 is 22.6 Å². The van der Waals surface area contributed by atoms with E-state index in [9.17, 15) is 0 Å². The van der Waals surface area contributed by atoms with Gasteiger partial charge in [0.25, 0.3) is 0 Å². The lowest BCUT2D eigenvalue weighted by molar-refractivity contribution is 0.216. The van der Waals surface area contributed by atoms with Gasteiger partial charge < -0.3 is 5.32 Å². The Balaban J connectivity index is 1.94. The van der Waals surface area contributed by atoms with Gasteiger partial charge in [-0.25, -0.2) is 0 Å². The maximum Gasteiger partial charge on any atom is 0.0294 e. The van der Waals surface area contributed by atoms with Crippen molar-refractivity contribution in [2.24, 2.45) is 11.8 Å². The zero-order valence-electron chi connectivity index (χ0n) is 11.6. The summed E-state index contributed by atoms with van der Waals surface area (Å²) in [5, 5.41) is 3.82. The van der Waals surface area contributed by atoms with Crippen molar-refractivity contribution in [2.45, 2.75) is 52.1 Å². The monoisotopic (exact) mass is 357 g/mol. The summed E-state index contributed by atoms with van der Waals surface area (Å²) in [7, 11) is 0. The first kappa shape index (κ1) is 14.3. The fourth-order valence-electron chi connectivity index (χ4n) is 3.08. The van der Waals surface area contributed by atoms with Crippen molar-refractivity contribution in [2.75, 3.05) is 0 Å². The number of hydrogen-bond acceptors (Lipinski definition) is 1. The van der Waals surface area contributed by atoms with E-state index in [2.05, 4.69) is 72.9 Å². The van der Waals surface area contributed by atoms with Crippen molar-refractivity contribution in [3.63, 3.8) is 0 Å². The second-order valence-electron chi connectivity index (χ2n) is 5.94. The Morgan fingerprint density at radius 2 is 1.83 bits per heavy atom. The van der Waals surface area contributed by atoms with Gasteiger partial charge in [0.1, 0.15) is 0 Å². The van der Waals surface area contributed by atoms with Crippen LogP contribution in [0, 0.1) is 15.4 Å². The number of hydrogen-bond donors (Lipinski definition) is 1. The molecule has 2 rings (SSSR count). The van der Waals surface area contributed by atoms with Gasteiger partial charge in [0, 0.05) is 15.7 Å². The molecule has 1 saturated carbocycles. The molecule has 1 aromatic rings. The quantitative estimate of drug-likeness (QED) is 0.769. The van der Waals surface area contributed by atoms with Gasteiger partial charge in [0.15, 0.2) is 0 Å². The molecule has 1 aliphatic rings. The van der Waals surface area contributed by atoms with Gasteiger partial charge in [-0.1, -0.05) is 26.0 Å². The average Bonchev–Trinajstić information content (AvgIpc) is 2.33. The molecule has 1 fully saturated rings. The molecule has 0 aromatic heterocycles. The molecule has 0 radical (unpaired) electrons. The lowest BCUT2D eigenvalue weighted by atomic mass is 9.79. The Morgan fingerprint density at radius 3 is 2.44 bits per heavy atom. The third-order valence-corrected chi connectivity index (χ3v) is 4.98. The molecule has 0 bridgehead atoms. The van der Waals surface area contributed by atoms with Crippen LogP contribution in [0.15, 0.2) is 24.3 Å². The van der Waals surface area contributed by atoms with Crippen LogP contribution >= 0.6 is 22.6 Å². The fourth-order valence-corrected chi connectivity index (χ4v) is 3.44. The van der Waals surface area contributed by atoms with Crippen molar-refractivity contribution in [1.82, 2.24) is 5.32 Å². The van der Waals surface area contributed by atoms with E-state index in [1.807, 2.05) is 0 Å². The smallest absolute Gasteiger partial charge is 0.0294 e. The molecule has 0 amide bonds. The van der Waals surface area contributed by atoms with Gasteiger partial charge in [-0.15, -0.1) is 0 Å². The Kier molecular flexibility index (Phi) is 5.07. The van der Waals surface area contributed by atoms with Gasteiger partial charge in [-0.3, -0.25) is 0 Å². The summed E-state index contributed by atoms with van der Waals surface area (Å²) < 4.78 is 1.31. The van der Waals surface area contributed by atoms with Crippen molar-refractivity contribution in [3.8, 4) is 0 Å². The Bertz CT molecular complexity index is 373. The largest absolute Gasteiger partial charge is 0.307 e. The number of nitrogens with one attached hydrogen (secondary N) is 1. The highest BCUT2D eigenvalue weighted by molar-refractivity contribution is 14.1. The Labute approximate surface area is 125 Å². The average molecular weight is 357 g/mol. The van der Waals surface area contributed by atoms with E-state index in [1.165, 1.54) is 28.4 Å². The predicted octanol–water partition coefficient (Wildman–Crippen LogP) is 4.77. The van der Waals surface area contributed by atoms with Crippen LogP contribution < -0.4 is 5.32 Å². The van der Waals surface area contributed by atoms with E-state index < -0.39 is 0 Å². The lowest BCUT2D eigenvalue weighted by Gasteiger charge is -2.35. The standard InChI is InChI=1S/C16H24IN/c1-11-4-9-16(12(2)10-11)18-13(3)14-5-7-15(17)8-6-14/h5-8,11-13,16,18H,4,9-10H2,1-3H3. The normalized spacial score (nSPS) is 30.1. The number of rotatable bonds is 3. The van der Waals surface area contributed by atoms with E-state index in [4.69, 9.17) is 0 Å². The van der Waals surface area contributed by atoms with E-state index in [0.29, 0.717) is 12.1 Å². The van der Waals surface area contributed by atoms with Crippen LogP contribution in [0.25, 0.3) is 0 Å². The van der Waals surface area contributed by atoms with Crippen LogP contribution in [-0.4, -0.2) is 6.04 Å². The molecule has 2 heteroatoms. The SMILES string of the molecule is CC1CCC(NC(C)c2ccc(I)cc2)C(C)C1. The maximum atomic E-state index is 3.82. The second kappa shape index (κ2) is 6.38. The summed E-state index contributed by atoms with van der Waals surface area (Å²) in [5.74, 6) is 1.71. The van der Waals surface area contributed by atoms with Crippen LogP contribution in [0.1, 0.15) is 51.6 Å². The minimum atomic E-state index is 0.461. The molecule has 18 heavy (non-hydrogen) atoms. The first-order chi connectivity index (χ1) is 8.56. The summed E-state index contributed by atoms with van der Waals surface area (Å²) >= 11 is 2.36. The van der Waals surface area contributed by atoms with Gasteiger partial charge in [-0.2, -0.15) is 0 Å². The van der Waals surface area contributed by atoms with Crippen molar-refractivity contribution < 1.29 is 0 Å². The molecule has 1 nitrogen and oxygen atoms in total. The van der Waals surface area contributed by atoms with Crippen molar-refractivity contribution in [1.29, 1.82) is 0 Å². The maximum absolute atomic E-state index is 3.82. The third kappa shape index (κ3) is 3.70. The van der Waals surface area contributed by atoms with Gasteiger partial charge in [0.2, 0.25) is 0 Å². The molecular weight excluding hydrogens is 333 g/mol. The minimum Gasteiger partial charge on any atom is -0.307 e. The summed E-state index contributed by atoms with van der Waals surface area (Å²) in [5.41, 5.74) is 1.40. The summed E-state index contributed by atoms with van der Waals surface area (Å²) in [4.78, 5) is 0. The summed E-state index contributed by atoms with van der Waals surface area (Å²) in [6, 6.07) is 10.0. The van der Waals surface area contributed by atoms with Gasteiger partial charge in [-0.05, 0) is 78.3 Å². The molecule has 100 valence electrons. The molecule has 1 aliphatic carbocycles. The van der Waals surface area contributed by atoms with Gasteiger partial charge >= 0.3 is 0 Å². The lowest BCUT2D eigenvalue weighted by Crippen LogP contribution is -2.40. The predicted molar refractivity (Wildman–Crippen MR) is 86.7 cm³/mol. The molecule has 0 heterocycles. The second-order valence-corrected chi connectivity index (χ2v) is 7.19. The molecule has 1 N–H and O–H groups in total. The zero-order valence-corrected chi connectivity index (χ0v) is 13.8. The Hall–Kier alpha value is -0.0900. The highest BCUT2D eigenvalue weighted by Gasteiger charge is 2.26. The molecular formula is C16H24IN. The molecule has 1 aromatic carbocycles. The molecule has 4 atom stereocenters. The third-order valence-electron chi connectivity index (χ3n) is 4.27. The summed E-state index contributed by atoms with van der Waals surface area (Å²) in [6.07, 6.45) is 4.08. The number of benzene rings is 1. The highest BCUT2D eigenvalue weighted by Crippen LogP contribution is 2.30. The van der Waals surface area contributed by atoms with Crippen LogP contribution in [0.4, 0.5) is 0 Å². The van der Waals surface area contributed by atoms with E-state index in [0.717, 1.165) is 11.8 Å². The topological polar surface area (TPSA) is 12.0 Å². The van der Waals surface area contributed by atoms with Crippen LogP contribution in [0.2, 0.25) is 0 Å².